The van der Waals surface area contributed by atoms with Crippen LogP contribution in [-0.2, 0) is 4.79 Å². The molecule has 0 bridgehead atoms. The number of likely N-dealkylation sites (tertiary alicyclic amines) is 1. The average molecular weight is 285 g/mol. The fourth-order valence-electron chi connectivity index (χ4n) is 2.86. The van der Waals surface area contributed by atoms with Gasteiger partial charge in [0.2, 0.25) is 5.91 Å². The normalized spacial score (nSPS) is 16.9. The van der Waals surface area contributed by atoms with Crippen molar-refractivity contribution in [2.24, 2.45) is 0 Å². The lowest BCUT2D eigenvalue weighted by Gasteiger charge is -2.29. The van der Waals surface area contributed by atoms with Gasteiger partial charge in [0.15, 0.2) is 0 Å². The summed E-state index contributed by atoms with van der Waals surface area (Å²) in [5.74, 6) is 0.00822. The molecule has 110 valence electrons. The van der Waals surface area contributed by atoms with Crippen LogP contribution in [0.5, 0.6) is 0 Å². The molecule has 1 fully saturated rings. The van der Waals surface area contributed by atoms with Crippen LogP contribution >= 0.6 is 0 Å². The van der Waals surface area contributed by atoms with Crippen molar-refractivity contribution in [2.75, 3.05) is 13.1 Å². The molecule has 3 rings (SSSR count). The number of para-hydroxylation sites is 1. The van der Waals surface area contributed by atoms with Crippen molar-refractivity contribution in [3.05, 3.63) is 40.9 Å². The molecule has 2 aromatic rings. The van der Waals surface area contributed by atoms with E-state index in [9.17, 15) is 9.59 Å². The lowest BCUT2D eigenvalue weighted by molar-refractivity contribution is -0.135. The quantitative estimate of drug-likeness (QED) is 0.847. The number of rotatable bonds is 2. The third-order valence-corrected chi connectivity index (χ3v) is 4.13. The third kappa shape index (κ3) is 2.55. The summed E-state index contributed by atoms with van der Waals surface area (Å²) in [5.41, 5.74) is 0.509. The smallest absolute Gasteiger partial charge is 0.261 e. The molecule has 5 heteroatoms. The molecule has 0 radical (unpaired) electrons. The Hall–Kier alpha value is -2.17. The number of hydrogen-bond acceptors (Lipinski definition) is 3. The molecule has 1 atom stereocenters. The molecule has 0 unspecified atom stereocenters. The van der Waals surface area contributed by atoms with Crippen molar-refractivity contribution in [1.29, 1.82) is 0 Å². The van der Waals surface area contributed by atoms with Gasteiger partial charge in [-0.25, -0.2) is 4.98 Å². The zero-order valence-electron chi connectivity index (χ0n) is 12.2. The van der Waals surface area contributed by atoms with Crippen LogP contribution in [0.4, 0.5) is 0 Å². The third-order valence-electron chi connectivity index (χ3n) is 4.13. The number of piperidine rings is 1. The molecule has 2 heterocycles. The number of fused-ring (bicyclic) bond motifs is 1. The Morgan fingerprint density at radius 3 is 2.67 bits per heavy atom. The summed E-state index contributed by atoms with van der Waals surface area (Å²) < 4.78 is 1.44. The SMILES string of the molecule is C[C@H](C(=O)N1CCCCC1)n1cnc2ccccc2c1=O. The molecule has 1 aliphatic rings. The number of benzene rings is 1. The van der Waals surface area contributed by atoms with Crippen LogP contribution in [0.15, 0.2) is 35.4 Å². The van der Waals surface area contributed by atoms with Gasteiger partial charge in [-0.1, -0.05) is 12.1 Å². The maximum absolute atomic E-state index is 12.5. The van der Waals surface area contributed by atoms with E-state index in [1.54, 1.807) is 19.1 Å². The summed E-state index contributed by atoms with van der Waals surface area (Å²) in [6.45, 7) is 3.35. The lowest BCUT2D eigenvalue weighted by atomic mass is 10.1. The van der Waals surface area contributed by atoms with Gasteiger partial charge in [-0.2, -0.15) is 0 Å². The fourth-order valence-corrected chi connectivity index (χ4v) is 2.86. The highest BCUT2D eigenvalue weighted by Crippen LogP contribution is 2.15. The minimum atomic E-state index is -0.507. The summed E-state index contributed by atoms with van der Waals surface area (Å²) in [7, 11) is 0. The Labute approximate surface area is 123 Å². The second-order valence-corrected chi connectivity index (χ2v) is 5.54. The summed E-state index contributed by atoms with van der Waals surface area (Å²) in [6.07, 6.45) is 4.75. The zero-order valence-corrected chi connectivity index (χ0v) is 12.2. The number of carbonyl (C=O) groups is 1. The molecule has 1 aromatic carbocycles. The van der Waals surface area contributed by atoms with E-state index in [1.807, 2.05) is 17.0 Å². The molecule has 1 amide bonds. The van der Waals surface area contributed by atoms with Gasteiger partial charge in [0.05, 0.1) is 17.2 Å². The van der Waals surface area contributed by atoms with Gasteiger partial charge in [0.1, 0.15) is 6.04 Å². The predicted molar refractivity (Wildman–Crippen MR) is 81.1 cm³/mol. The van der Waals surface area contributed by atoms with Gasteiger partial charge in [0, 0.05) is 13.1 Å². The fraction of sp³-hybridized carbons (Fsp3) is 0.438. The number of hydrogen-bond donors (Lipinski definition) is 0. The highest BCUT2D eigenvalue weighted by atomic mass is 16.2. The summed E-state index contributed by atoms with van der Waals surface area (Å²) in [4.78, 5) is 31.2. The van der Waals surface area contributed by atoms with Crippen molar-refractivity contribution in [3.8, 4) is 0 Å². The molecule has 0 aliphatic carbocycles. The molecular formula is C16H19N3O2. The largest absolute Gasteiger partial charge is 0.341 e. The monoisotopic (exact) mass is 285 g/mol. The van der Waals surface area contributed by atoms with E-state index in [0.717, 1.165) is 25.9 Å². The van der Waals surface area contributed by atoms with E-state index in [0.29, 0.717) is 10.9 Å². The zero-order chi connectivity index (χ0) is 14.8. The molecule has 0 saturated carbocycles. The van der Waals surface area contributed by atoms with E-state index < -0.39 is 6.04 Å². The summed E-state index contributed by atoms with van der Waals surface area (Å²) in [6, 6.07) is 6.71. The van der Waals surface area contributed by atoms with E-state index in [4.69, 9.17) is 0 Å². The first-order valence-corrected chi connectivity index (χ1v) is 7.43. The van der Waals surface area contributed by atoms with Crippen LogP contribution in [0.1, 0.15) is 32.2 Å². The Balaban J connectivity index is 1.94. The first kappa shape index (κ1) is 13.8. The van der Waals surface area contributed by atoms with Gasteiger partial charge in [-0.05, 0) is 38.3 Å². The van der Waals surface area contributed by atoms with Gasteiger partial charge in [-0.15, -0.1) is 0 Å². The standard InChI is InChI=1S/C16H19N3O2/c1-12(15(20)18-9-5-2-6-10-18)19-11-17-14-8-4-3-7-13(14)16(19)21/h3-4,7-8,11-12H,2,5-6,9-10H2,1H3/t12-/m1/s1. The van der Waals surface area contributed by atoms with Crippen molar-refractivity contribution in [3.63, 3.8) is 0 Å². The molecule has 0 spiro atoms. The highest BCUT2D eigenvalue weighted by Gasteiger charge is 2.24. The van der Waals surface area contributed by atoms with Gasteiger partial charge >= 0.3 is 0 Å². The highest BCUT2D eigenvalue weighted by molar-refractivity contribution is 5.81. The van der Waals surface area contributed by atoms with Crippen LogP contribution in [-0.4, -0.2) is 33.4 Å². The van der Waals surface area contributed by atoms with E-state index in [2.05, 4.69) is 4.98 Å². The first-order valence-electron chi connectivity index (χ1n) is 7.43. The second-order valence-electron chi connectivity index (χ2n) is 5.54. The van der Waals surface area contributed by atoms with Crippen LogP contribution in [0.3, 0.4) is 0 Å². The van der Waals surface area contributed by atoms with E-state index in [1.165, 1.54) is 17.3 Å². The minimum absolute atomic E-state index is 0.00822. The van der Waals surface area contributed by atoms with Crippen molar-refractivity contribution >= 4 is 16.8 Å². The first-order chi connectivity index (χ1) is 10.2. The number of nitrogens with zero attached hydrogens (tertiary/aromatic N) is 3. The van der Waals surface area contributed by atoms with Crippen LogP contribution in [0.2, 0.25) is 0 Å². The van der Waals surface area contributed by atoms with Crippen molar-refractivity contribution in [2.45, 2.75) is 32.2 Å². The molecule has 1 aromatic heterocycles. The van der Waals surface area contributed by atoms with Crippen molar-refractivity contribution < 1.29 is 4.79 Å². The number of carbonyl (C=O) groups excluding carboxylic acids is 1. The van der Waals surface area contributed by atoms with Gasteiger partial charge in [-0.3, -0.25) is 14.2 Å². The molecule has 0 N–H and O–H groups in total. The summed E-state index contributed by atoms with van der Waals surface area (Å²) >= 11 is 0. The van der Waals surface area contributed by atoms with Gasteiger partial charge < -0.3 is 4.90 Å². The molecule has 1 saturated heterocycles. The molecular weight excluding hydrogens is 266 g/mol. The Morgan fingerprint density at radius 1 is 1.19 bits per heavy atom. The Bertz CT molecular complexity index is 717. The maximum atomic E-state index is 12.5. The van der Waals surface area contributed by atoms with Crippen LogP contribution < -0.4 is 5.56 Å². The van der Waals surface area contributed by atoms with E-state index >= 15 is 0 Å². The summed E-state index contributed by atoms with van der Waals surface area (Å²) in [5, 5.41) is 0.554. The number of aromatic nitrogens is 2. The maximum Gasteiger partial charge on any atom is 0.261 e. The van der Waals surface area contributed by atoms with Crippen LogP contribution in [0, 0.1) is 0 Å². The predicted octanol–water partition coefficient (Wildman–Crippen LogP) is 1.97. The minimum Gasteiger partial charge on any atom is -0.341 e. The van der Waals surface area contributed by atoms with Crippen LogP contribution in [0.25, 0.3) is 10.9 Å². The number of amides is 1. The van der Waals surface area contributed by atoms with Crippen molar-refractivity contribution in [1.82, 2.24) is 14.5 Å². The average Bonchev–Trinajstić information content (AvgIpc) is 2.55. The Kier molecular flexibility index (Phi) is 3.73. The van der Waals surface area contributed by atoms with Gasteiger partial charge in [0.25, 0.3) is 5.56 Å². The lowest BCUT2D eigenvalue weighted by Crippen LogP contribution is -2.41. The Morgan fingerprint density at radius 2 is 1.90 bits per heavy atom. The molecule has 21 heavy (non-hydrogen) atoms. The van der Waals surface area contributed by atoms with E-state index in [-0.39, 0.29) is 11.5 Å². The molecule has 5 nitrogen and oxygen atoms in total. The topological polar surface area (TPSA) is 55.2 Å². The molecule has 1 aliphatic heterocycles. The second kappa shape index (κ2) is 5.68.